The molecule has 23 heavy (non-hydrogen) atoms. The number of hydrogen-bond donors (Lipinski definition) is 2. The van der Waals surface area contributed by atoms with E-state index in [1.54, 1.807) is 6.07 Å². The van der Waals surface area contributed by atoms with Crippen LogP contribution in [0.15, 0.2) is 36.5 Å². The van der Waals surface area contributed by atoms with E-state index >= 15 is 0 Å². The first-order valence-corrected chi connectivity index (χ1v) is 6.83. The Bertz CT molecular complexity index is 718. The SMILES string of the molecule is O=C(N[C@@H](Cc1ccc(Cl)nc1)C(=O)O)c1cc(F)cc(F)c1. The van der Waals surface area contributed by atoms with E-state index in [4.69, 9.17) is 11.6 Å². The predicted octanol–water partition coefficient (Wildman–Crippen LogP) is 2.44. The zero-order valence-corrected chi connectivity index (χ0v) is 12.3. The van der Waals surface area contributed by atoms with Gasteiger partial charge in [0.1, 0.15) is 22.8 Å². The Morgan fingerprint density at radius 1 is 1.22 bits per heavy atom. The molecule has 0 saturated carbocycles. The zero-order valence-electron chi connectivity index (χ0n) is 11.6. The van der Waals surface area contributed by atoms with E-state index in [1.165, 1.54) is 12.3 Å². The second kappa shape index (κ2) is 7.15. The number of rotatable bonds is 5. The average Bonchev–Trinajstić information content (AvgIpc) is 2.47. The number of carbonyl (C=O) groups is 2. The number of aliphatic carboxylic acids is 1. The van der Waals surface area contributed by atoms with Crippen LogP contribution in [0.5, 0.6) is 0 Å². The number of pyridine rings is 1. The molecule has 1 aromatic heterocycles. The van der Waals surface area contributed by atoms with Crippen molar-refractivity contribution in [3.05, 3.63) is 64.4 Å². The number of carboxylic acid groups (broad SMARTS) is 1. The molecule has 0 aliphatic rings. The van der Waals surface area contributed by atoms with Crippen LogP contribution < -0.4 is 5.32 Å². The van der Waals surface area contributed by atoms with E-state index in [0.717, 1.165) is 12.1 Å². The summed E-state index contributed by atoms with van der Waals surface area (Å²) in [6.45, 7) is 0. The van der Waals surface area contributed by atoms with Gasteiger partial charge in [0.05, 0.1) is 0 Å². The Hall–Kier alpha value is -2.54. The summed E-state index contributed by atoms with van der Waals surface area (Å²) in [6.07, 6.45) is 1.33. The molecule has 2 aromatic rings. The number of aromatic nitrogens is 1. The molecule has 1 atom stereocenters. The van der Waals surface area contributed by atoms with Crippen LogP contribution in [0.25, 0.3) is 0 Å². The van der Waals surface area contributed by atoms with E-state index in [-0.39, 0.29) is 17.1 Å². The fourth-order valence-corrected chi connectivity index (χ4v) is 2.00. The fourth-order valence-electron chi connectivity index (χ4n) is 1.89. The largest absolute Gasteiger partial charge is 0.480 e. The maximum atomic E-state index is 13.1. The van der Waals surface area contributed by atoms with E-state index in [1.807, 2.05) is 0 Å². The number of carboxylic acids is 1. The van der Waals surface area contributed by atoms with Crippen LogP contribution in [0.4, 0.5) is 8.78 Å². The molecule has 1 heterocycles. The number of nitrogens with zero attached hydrogens (tertiary/aromatic N) is 1. The maximum absolute atomic E-state index is 13.1. The molecular formula is C15H11ClF2N2O3. The Kier molecular flexibility index (Phi) is 5.23. The van der Waals surface area contributed by atoms with Crippen LogP contribution in [0.2, 0.25) is 5.15 Å². The van der Waals surface area contributed by atoms with Crippen LogP contribution >= 0.6 is 11.6 Å². The third kappa shape index (κ3) is 4.72. The van der Waals surface area contributed by atoms with Gasteiger partial charge in [-0.2, -0.15) is 0 Å². The number of hydrogen-bond acceptors (Lipinski definition) is 3. The molecule has 0 spiro atoms. The van der Waals surface area contributed by atoms with Crippen molar-refractivity contribution in [2.24, 2.45) is 0 Å². The molecular weight excluding hydrogens is 330 g/mol. The lowest BCUT2D eigenvalue weighted by Crippen LogP contribution is -2.42. The van der Waals surface area contributed by atoms with Crippen LogP contribution in [0.3, 0.4) is 0 Å². The molecule has 120 valence electrons. The topological polar surface area (TPSA) is 79.3 Å². The van der Waals surface area contributed by atoms with Gasteiger partial charge in [0.25, 0.3) is 5.91 Å². The second-order valence-electron chi connectivity index (χ2n) is 4.72. The van der Waals surface area contributed by atoms with Gasteiger partial charge in [-0.25, -0.2) is 18.6 Å². The van der Waals surface area contributed by atoms with Gasteiger partial charge < -0.3 is 10.4 Å². The van der Waals surface area contributed by atoms with Gasteiger partial charge in [-0.1, -0.05) is 17.7 Å². The lowest BCUT2D eigenvalue weighted by atomic mass is 10.1. The highest BCUT2D eigenvalue weighted by atomic mass is 35.5. The van der Waals surface area contributed by atoms with E-state index in [0.29, 0.717) is 11.6 Å². The molecule has 0 saturated heterocycles. The standard InChI is InChI=1S/C15H11ClF2N2O3/c16-13-2-1-8(7-19-13)3-12(15(22)23)20-14(21)9-4-10(17)6-11(18)5-9/h1-2,4-7,12H,3H2,(H,20,21)(H,22,23)/t12-/m0/s1. The minimum atomic E-state index is -1.29. The fraction of sp³-hybridized carbons (Fsp3) is 0.133. The number of amides is 1. The molecule has 1 aromatic carbocycles. The van der Waals surface area contributed by atoms with Gasteiger partial charge in [-0.15, -0.1) is 0 Å². The van der Waals surface area contributed by atoms with Crippen LogP contribution in [0, 0.1) is 11.6 Å². The predicted molar refractivity (Wildman–Crippen MR) is 78.2 cm³/mol. The number of benzene rings is 1. The normalized spacial score (nSPS) is 11.8. The van der Waals surface area contributed by atoms with Crippen LogP contribution in [0.1, 0.15) is 15.9 Å². The highest BCUT2D eigenvalue weighted by molar-refractivity contribution is 6.29. The monoisotopic (exact) mass is 340 g/mol. The molecule has 0 fully saturated rings. The average molecular weight is 341 g/mol. The summed E-state index contributed by atoms with van der Waals surface area (Å²) in [6, 6.07) is 4.03. The number of carbonyl (C=O) groups excluding carboxylic acids is 1. The van der Waals surface area contributed by atoms with Gasteiger partial charge in [-0.3, -0.25) is 4.79 Å². The quantitative estimate of drug-likeness (QED) is 0.819. The van der Waals surface area contributed by atoms with Crippen molar-refractivity contribution in [2.45, 2.75) is 12.5 Å². The van der Waals surface area contributed by atoms with Crippen molar-refractivity contribution in [2.75, 3.05) is 0 Å². The van der Waals surface area contributed by atoms with E-state index < -0.39 is 29.6 Å². The third-order valence-electron chi connectivity index (χ3n) is 2.96. The van der Waals surface area contributed by atoms with Gasteiger partial charge in [0, 0.05) is 24.2 Å². The van der Waals surface area contributed by atoms with Crippen molar-refractivity contribution in [3.8, 4) is 0 Å². The Labute approximate surface area is 134 Å². The molecule has 0 bridgehead atoms. The van der Waals surface area contributed by atoms with Crippen LogP contribution in [-0.2, 0) is 11.2 Å². The first-order chi connectivity index (χ1) is 10.8. The summed E-state index contributed by atoms with van der Waals surface area (Å²) in [7, 11) is 0. The maximum Gasteiger partial charge on any atom is 0.326 e. The first-order valence-electron chi connectivity index (χ1n) is 6.45. The highest BCUT2D eigenvalue weighted by Crippen LogP contribution is 2.10. The van der Waals surface area contributed by atoms with Crippen LogP contribution in [-0.4, -0.2) is 28.0 Å². The Morgan fingerprint density at radius 3 is 2.39 bits per heavy atom. The minimum absolute atomic E-state index is 0.0525. The molecule has 1 amide bonds. The van der Waals surface area contributed by atoms with Gasteiger partial charge >= 0.3 is 5.97 Å². The second-order valence-corrected chi connectivity index (χ2v) is 5.10. The summed E-state index contributed by atoms with van der Waals surface area (Å²) in [5.74, 6) is -4.03. The summed E-state index contributed by atoms with van der Waals surface area (Å²) >= 11 is 5.64. The smallest absolute Gasteiger partial charge is 0.326 e. The molecule has 2 rings (SSSR count). The number of halogens is 3. The molecule has 0 radical (unpaired) electrons. The van der Waals surface area contributed by atoms with Crippen molar-refractivity contribution in [1.29, 1.82) is 0 Å². The highest BCUT2D eigenvalue weighted by Gasteiger charge is 2.22. The molecule has 2 N–H and O–H groups in total. The number of nitrogens with one attached hydrogen (secondary N) is 1. The summed E-state index contributed by atoms with van der Waals surface area (Å²) in [5, 5.41) is 11.7. The molecule has 0 unspecified atom stereocenters. The van der Waals surface area contributed by atoms with E-state index in [9.17, 15) is 23.5 Å². The summed E-state index contributed by atoms with van der Waals surface area (Å²) in [4.78, 5) is 27.0. The van der Waals surface area contributed by atoms with Gasteiger partial charge in [-0.05, 0) is 23.8 Å². The lowest BCUT2D eigenvalue weighted by Gasteiger charge is -2.14. The first kappa shape index (κ1) is 16.8. The summed E-state index contributed by atoms with van der Waals surface area (Å²) < 4.78 is 26.2. The summed E-state index contributed by atoms with van der Waals surface area (Å²) in [5.41, 5.74) is 0.232. The zero-order chi connectivity index (χ0) is 17.0. The van der Waals surface area contributed by atoms with Crippen molar-refractivity contribution >= 4 is 23.5 Å². The van der Waals surface area contributed by atoms with E-state index in [2.05, 4.69) is 10.3 Å². The van der Waals surface area contributed by atoms with Gasteiger partial charge in [0.2, 0.25) is 0 Å². The van der Waals surface area contributed by atoms with Crippen molar-refractivity contribution in [3.63, 3.8) is 0 Å². The van der Waals surface area contributed by atoms with Crippen molar-refractivity contribution < 1.29 is 23.5 Å². The Morgan fingerprint density at radius 2 is 1.87 bits per heavy atom. The molecule has 8 heteroatoms. The molecule has 0 aliphatic carbocycles. The molecule has 0 aliphatic heterocycles. The third-order valence-corrected chi connectivity index (χ3v) is 3.18. The van der Waals surface area contributed by atoms with Crippen molar-refractivity contribution in [1.82, 2.24) is 10.3 Å². The molecule has 5 nitrogen and oxygen atoms in total. The lowest BCUT2D eigenvalue weighted by molar-refractivity contribution is -0.139. The van der Waals surface area contributed by atoms with Gasteiger partial charge in [0.15, 0.2) is 0 Å². The Balaban J connectivity index is 2.14. The minimum Gasteiger partial charge on any atom is -0.480 e.